The molecule has 0 bridgehead atoms. The number of ether oxygens (including phenoxy) is 1. The van der Waals surface area contributed by atoms with Gasteiger partial charge in [-0.1, -0.05) is 37.6 Å². The predicted octanol–water partition coefficient (Wildman–Crippen LogP) is 4.46. The van der Waals surface area contributed by atoms with Gasteiger partial charge < -0.3 is 10.1 Å². The maximum atomic E-state index is 13.2. The van der Waals surface area contributed by atoms with Gasteiger partial charge in [-0.15, -0.1) is 0 Å². The van der Waals surface area contributed by atoms with Gasteiger partial charge in [0.15, 0.2) is 0 Å². The van der Waals surface area contributed by atoms with Crippen molar-refractivity contribution in [3.63, 3.8) is 0 Å². The van der Waals surface area contributed by atoms with E-state index in [0.29, 0.717) is 10.7 Å². The SMILES string of the molecule is CCN(CC)S(=O)(=O)c1ccc(OC)c(NC(=O)c2cccc(S(=O)(=O)N(C)c3cccc(Cl)c3)c2)c1. The maximum Gasteiger partial charge on any atom is 0.264 e. The first-order chi connectivity index (χ1) is 17.4. The average molecular weight is 566 g/mol. The van der Waals surface area contributed by atoms with E-state index in [4.69, 9.17) is 16.3 Å². The monoisotopic (exact) mass is 565 g/mol. The Morgan fingerprint density at radius 2 is 1.54 bits per heavy atom. The Labute approximate surface area is 222 Å². The van der Waals surface area contributed by atoms with Crippen molar-refractivity contribution >= 4 is 48.9 Å². The van der Waals surface area contributed by atoms with Gasteiger partial charge in [-0.3, -0.25) is 9.10 Å². The molecule has 0 fully saturated rings. The number of nitrogens with one attached hydrogen (secondary N) is 1. The van der Waals surface area contributed by atoms with Crippen molar-refractivity contribution in [3.8, 4) is 5.75 Å². The number of sulfonamides is 2. The van der Waals surface area contributed by atoms with Crippen molar-refractivity contribution in [3.05, 3.63) is 77.3 Å². The molecule has 0 saturated heterocycles. The Bertz CT molecular complexity index is 1510. The van der Waals surface area contributed by atoms with Crippen LogP contribution in [0.4, 0.5) is 11.4 Å². The van der Waals surface area contributed by atoms with E-state index >= 15 is 0 Å². The standard InChI is InChI=1S/C25H28ClN3O6S2/c1-5-29(6-2)37(33,34)22-13-14-24(35-4)23(17-22)27-25(30)18-9-7-12-21(15-18)36(31,32)28(3)20-11-8-10-19(26)16-20/h7-17H,5-6H2,1-4H3,(H,27,30). The topological polar surface area (TPSA) is 113 Å². The summed E-state index contributed by atoms with van der Waals surface area (Å²) in [5.74, 6) is -0.394. The molecular formula is C25H28ClN3O6S2. The van der Waals surface area contributed by atoms with Crippen LogP contribution in [-0.4, -0.2) is 54.3 Å². The lowest BCUT2D eigenvalue weighted by Crippen LogP contribution is -2.30. The van der Waals surface area contributed by atoms with E-state index in [2.05, 4.69) is 5.32 Å². The molecule has 3 aromatic rings. The molecule has 0 radical (unpaired) electrons. The fraction of sp³-hybridized carbons (Fsp3) is 0.240. The molecular weight excluding hydrogens is 538 g/mol. The second-order valence-corrected chi connectivity index (χ2v) is 12.2. The van der Waals surface area contributed by atoms with E-state index in [1.165, 1.54) is 67.0 Å². The number of anilines is 2. The molecule has 0 spiro atoms. The van der Waals surface area contributed by atoms with Gasteiger partial charge in [0.2, 0.25) is 10.0 Å². The fourth-order valence-electron chi connectivity index (χ4n) is 3.62. The molecule has 3 rings (SSSR count). The first-order valence-corrected chi connectivity index (χ1v) is 14.6. The average Bonchev–Trinajstić information content (AvgIpc) is 2.88. The Hall–Kier alpha value is -3.12. The largest absolute Gasteiger partial charge is 0.495 e. The first-order valence-electron chi connectivity index (χ1n) is 11.3. The van der Waals surface area contributed by atoms with Crippen LogP contribution >= 0.6 is 11.6 Å². The van der Waals surface area contributed by atoms with Crippen molar-refractivity contribution in [1.29, 1.82) is 0 Å². The molecule has 0 aliphatic carbocycles. The van der Waals surface area contributed by atoms with E-state index in [1.807, 2.05) is 0 Å². The van der Waals surface area contributed by atoms with Crippen LogP contribution in [0.5, 0.6) is 5.75 Å². The van der Waals surface area contributed by atoms with Crippen LogP contribution in [0, 0.1) is 0 Å². The van der Waals surface area contributed by atoms with Gasteiger partial charge in [-0.25, -0.2) is 16.8 Å². The molecule has 0 saturated carbocycles. The Morgan fingerprint density at radius 1 is 0.892 bits per heavy atom. The van der Waals surface area contributed by atoms with Gasteiger partial charge in [-0.2, -0.15) is 4.31 Å². The van der Waals surface area contributed by atoms with Gasteiger partial charge >= 0.3 is 0 Å². The highest BCUT2D eigenvalue weighted by atomic mass is 35.5. The second-order valence-electron chi connectivity index (χ2n) is 7.89. The predicted molar refractivity (Wildman–Crippen MR) is 145 cm³/mol. The second kappa shape index (κ2) is 11.5. The van der Waals surface area contributed by atoms with Crippen molar-refractivity contribution in [2.24, 2.45) is 0 Å². The number of carbonyl (C=O) groups is 1. The molecule has 0 heterocycles. The van der Waals surface area contributed by atoms with E-state index in [9.17, 15) is 21.6 Å². The summed E-state index contributed by atoms with van der Waals surface area (Å²) in [4.78, 5) is 13.0. The Morgan fingerprint density at radius 3 is 2.16 bits per heavy atom. The molecule has 3 aromatic carbocycles. The van der Waals surface area contributed by atoms with Crippen LogP contribution in [0.3, 0.4) is 0 Å². The third-order valence-electron chi connectivity index (χ3n) is 5.69. The number of halogens is 1. The third-order valence-corrected chi connectivity index (χ3v) is 9.75. The zero-order chi connectivity index (χ0) is 27.4. The van der Waals surface area contributed by atoms with Crippen molar-refractivity contribution in [2.45, 2.75) is 23.6 Å². The zero-order valence-corrected chi connectivity index (χ0v) is 23.2. The minimum Gasteiger partial charge on any atom is -0.495 e. The van der Waals surface area contributed by atoms with Crippen LogP contribution in [0.2, 0.25) is 5.02 Å². The quantitative estimate of drug-likeness (QED) is 0.388. The van der Waals surface area contributed by atoms with E-state index in [-0.39, 0.29) is 39.9 Å². The number of benzene rings is 3. The van der Waals surface area contributed by atoms with Crippen molar-refractivity contribution in [1.82, 2.24) is 4.31 Å². The molecule has 37 heavy (non-hydrogen) atoms. The van der Waals surface area contributed by atoms with Crippen molar-refractivity contribution < 1.29 is 26.4 Å². The molecule has 0 aromatic heterocycles. The molecule has 1 amide bonds. The lowest BCUT2D eigenvalue weighted by atomic mass is 10.2. The van der Waals surface area contributed by atoms with Gasteiger partial charge in [0, 0.05) is 30.7 Å². The summed E-state index contributed by atoms with van der Waals surface area (Å²) >= 11 is 6.00. The normalized spacial score (nSPS) is 11.8. The molecule has 198 valence electrons. The molecule has 0 atom stereocenters. The lowest BCUT2D eigenvalue weighted by Gasteiger charge is -2.20. The molecule has 0 aliphatic heterocycles. The number of nitrogens with zero attached hydrogens (tertiary/aromatic N) is 2. The van der Waals surface area contributed by atoms with Gasteiger partial charge in [-0.05, 0) is 54.6 Å². The maximum absolute atomic E-state index is 13.2. The number of amides is 1. The highest BCUT2D eigenvalue weighted by Gasteiger charge is 2.25. The van der Waals surface area contributed by atoms with Crippen LogP contribution < -0.4 is 14.4 Å². The molecule has 12 heteroatoms. The lowest BCUT2D eigenvalue weighted by molar-refractivity contribution is 0.102. The van der Waals surface area contributed by atoms with E-state index in [1.54, 1.807) is 32.0 Å². The van der Waals surface area contributed by atoms with Crippen LogP contribution in [0.25, 0.3) is 0 Å². The number of hydrogen-bond acceptors (Lipinski definition) is 6. The smallest absolute Gasteiger partial charge is 0.264 e. The minimum atomic E-state index is -4.01. The molecule has 0 unspecified atom stereocenters. The summed E-state index contributed by atoms with van der Waals surface area (Å²) in [6.45, 7) is 4.05. The third kappa shape index (κ3) is 6.07. The van der Waals surface area contributed by atoms with Gasteiger partial charge in [0.05, 0.1) is 28.3 Å². The Balaban J connectivity index is 1.94. The van der Waals surface area contributed by atoms with Gasteiger partial charge in [0.1, 0.15) is 5.75 Å². The number of methoxy groups -OCH3 is 1. The molecule has 1 N–H and O–H groups in total. The zero-order valence-electron chi connectivity index (χ0n) is 20.8. The summed E-state index contributed by atoms with van der Waals surface area (Å²) in [5.41, 5.74) is 0.544. The van der Waals surface area contributed by atoms with E-state index in [0.717, 1.165) is 4.31 Å². The van der Waals surface area contributed by atoms with Crippen LogP contribution in [-0.2, 0) is 20.0 Å². The fourth-order valence-corrected chi connectivity index (χ4v) is 6.52. The van der Waals surface area contributed by atoms with E-state index < -0.39 is 26.0 Å². The summed E-state index contributed by atoms with van der Waals surface area (Å²) < 4.78 is 60.0. The first kappa shape index (κ1) is 28.5. The molecule has 9 nitrogen and oxygen atoms in total. The summed E-state index contributed by atoms with van der Waals surface area (Å²) in [5, 5.41) is 3.02. The van der Waals surface area contributed by atoms with Crippen molar-refractivity contribution in [2.75, 3.05) is 36.9 Å². The number of rotatable bonds is 10. The summed E-state index contributed by atoms with van der Waals surface area (Å²) in [7, 11) is -5.01. The minimum absolute atomic E-state index is 0.00762. The number of carbonyl (C=O) groups excluding carboxylic acids is 1. The van der Waals surface area contributed by atoms with Crippen LogP contribution in [0.15, 0.2) is 76.5 Å². The van der Waals surface area contributed by atoms with Gasteiger partial charge in [0.25, 0.3) is 15.9 Å². The summed E-state index contributed by atoms with van der Waals surface area (Å²) in [6.07, 6.45) is 0. The molecule has 0 aliphatic rings. The summed E-state index contributed by atoms with van der Waals surface area (Å²) in [6, 6.07) is 16.1. The number of hydrogen-bond donors (Lipinski definition) is 1. The Kier molecular flexibility index (Phi) is 8.85. The highest BCUT2D eigenvalue weighted by molar-refractivity contribution is 7.92. The highest BCUT2D eigenvalue weighted by Crippen LogP contribution is 2.30. The van der Waals surface area contributed by atoms with Crippen LogP contribution in [0.1, 0.15) is 24.2 Å².